The highest BCUT2D eigenvalue weighted by Crippen LogP contribution is 2.36. The van der Waals surface area contributed by atoms with Crippen LogP contribution in [0.5, 0.6) is 0 Å². The van der Waals surface area contributed by atoms with Crippen molar-refractivity contribution in [1.29, 1.82) is 0 Å². The van der Waals surface area contributed by atoms with Crippen LogP contribution in [0.15, 0.2) is 30.5 Å². The van der Waals surface area contributed by atoms with E-state index in [9.17, 15) is 4.79 Å². The number of nitrogens with zero attached hydrogens (tertiary/aromatic N) is 6. The number of hydrogen-bond donors (Lipinski definition) is 1. The van der Waals surface area contributed by atoms with Crippen molar-refractivity contribution >= 4 is 11.6 Å². The maximum atomic E-state index is 12.9. The van der Waals surface area contributed by atoms with Gasteiger partial charge in [0.2, 0.25) is 0 Å². The first-order valence-electron chi connectivity index (χ1n) is 10.5. The van der Waals surface area contributed by atoms with Gasteiger partial charge < -0.3 is 10.1 Å². The van der Waals surface area contributed by atoms with E-state index >= 15 is 0 Å². The van der Waals surface area contributed by atoms with Gasteiger partial charge in [-0.25, -0.2) is 4.68 Å². The molecule has 2 aromatic heterocycles. The topological polar surface area (TPSA) is 99.8 Å². The highest BCUT2D eigenvalue weighted by atomic mass is 16.5. The monoisotopic (exact) mass is 407 g/mol. The Morgan fingerprint density at radius 2 is 2.07 bits per heavy atom. The summed E-state index contributed by atoms with van der Waals surface area (Å²) in [7, 11) is 0. The summed E-state index contributed by atoms with van der Waals surface area (Å²) in [6.45, 7) is 4.38. The molecule has 1 aromatic carbocycles. The van der Waals surface area contributed by atoms with Crippen molar-refractivity contribution in [3.05, 3.63) is 41.7 Å². The molecule has 30 heavy (non-hydrogen) atoms. The van der Waals surface area contributed by atoms with Crippen LogP contribution < -0.4 is 5.32 Å². The molecule has 3 aromatic rings. The molecule has 1 aliphatic heterocycles. The number of rotatable bonds is 6. The number of anilines is 1. The average molecular weight is 407 g/mol. The fourth-order valence-electron chi connectivity index (χ4n) is 3.91. The minimum atomic E-state index is -0.162. The van der Waals surface area contributed by atoms with Gasteiger partial charge in [0.05, 0.1) is 17.8 Å². The van der Waals surface area contributed by atoms with Gasteiger partial charge in [0.1, 0.15) is 0 Å². The molecule has 0 atom stereocenters. The number of tetrazole rings is 1. The third kappa shape index (κ3) is 3.85. The van der Waals surface area contributed by atoms with Gasteiger partial charge in [-0.05, 0) is 61.1 Å². The van der Waals surface area contributed by atoms with E-state index in [0.717, 1.165) is 62.5 Å². The van der Waals surface area contributed by atoms with Gasteiger partial charge in [0.25, 0.3) is 5.91 Å². The molecule has 1 saturated heterocycles. The van der Waals surface area contributed by atoms with Crippen LogP contribution in [0.25, 0.3) is 11.4 Å². The average Bonchev–Trinajstić information content (AvgIpc) is 3.38. The molecule has 156 valence electrons. The molecule has 2 fully saturated rings. The quantitative estimate of drug-likeness (QED) is 0.674. The van der Waals surface area contributed by atoms with Gasteiger partial charge in [-0.3, -0.25) is 9.48 Å². The molecule has 1 amide bonds. The zero-order valence-corrected chi connectivity index (χ0v) is 17.0. The van der Waals surface area contributed by atoms with Crippen LogP contribution in [0, 0.1) is 12.8 Å². The van der Waals surface area contributed by atoms with E-state index in [1.807, 2.05) is 40.6 Å². The number of nitrogens with one attached hydrogen (secondary N) is 1. The summed E-state index contributed by atoms with van der Waals surface area (Å²) < 4.78 is 9.23. The molecular weight excluding hydrogens is 382 g/mol. The molecule has 0 spiro atoms. The van der Waals surface area contributed by atoms with Gasteiger partial charge in [0.15, 0.2) is 5.82 Å². The summed E-state index contributed by atoms with van der Waals surface area (Å²) in [4.78, 5) is 12.9. The summed E-state index contributed by atoms with van der Waals surface area (Å²) in [6.07, 6.45) is 5.93. The van der Waals surface area contributed by atoms with Crippen molar-refractivity contribution < 1.29 is 9.53 Å². The Morgan fingerprint density at radius 3 is 2.87 bits per heavy atom. The largest absolute Gasteiger partial charge is 0.381 e. The molecule has 5 rings (SSSR count). The predicted octanol–water partition coefficient (Wildman–Crippen LogP) is 2.86. The fourth-order valence-corrected chi connectivity index (χ4v) is 3.91. The van der Waals surface area contributed by atoms with Crippen LogP contribution in [-0.4, -0.2) is 49.1 Å². The van der Waals surface area contributed by atoms with Crippen LogP contribution in [0.4, 0.5) is 5.69 Å². The first-order valence-corrected chi connectivity index (χ1v) is 10.5. The number of benzene rings is 1. The lowest BCUT2D eigenvalue weighted by atomic mass is 10.0. The third-order valence-corrected chi connectivity index (χ3v) is 5.88. The highest BCUT2D eigenvalue weighted by molar-refractivity contribution is 6.05. The van der Waals surface area contributed by atoms with E-state index in [0.29, 0.717) is 23.2 Å². The Morgan fingerprint density at radius 1 is 1.23 bits per heavy atom. The van der Waals surface area contributed by atoms with E-state index in [1.54, 1.807) is 6.20 Å². The lowest BCUT2D eigenvalue weighted by molar-refractivity contribution is 0.0599. The number of aromatic nitrogens is 6. The summed E-state index contributed by atoms with van der Waals surface area (Å²) in [6, 6.07) is 8.02. The Kier molecular flexibility index (Phi) is 5.04. The van der Waals surface area contributed by atoms with Crippen molar-refractivity contribution in [3.8, 4) is 11.4 Å². The molecule has 0 radical (unpaired) electrons. The van der Waals surface area contributed by atoms with E-state index in [4.69, 9.17) is 4.74 Å². The van der Waals surface area contributed by atoms with Crippen molar-refractivity contribution in [1.82, 2.24) is 30.0 Å². The lowest BCUT2D eigenvalue weighted by Crippen LogP contribution is -2.21. The number of hydrogen-bond acceptors (Lipinski definition) is 6. The van der Waals surface area contributed by atoms with Crippen LogP contribution in [0.3, 0.4) is 0 Å². The van der Waals surface area contributed by atoms with E-state index in [1.165, 1.54) is 0 Å². The molecule has 9 heteroatoms. The van der Waals surface area contributed by atoms with Gasteiger partial charge >= 0.3 is 0 Å². The maximum absolute atomic E-state index is 12.9. The SMILES string of the molecule is Cc1c(C(=O)Nc2cccc(-c3nnnn3C3CC3)c2)cnn1CC1CCOCC1. The Bertz CT molecular complexity index is 1050. The number of carbonyl (C=O) groups excluding carboxylic acids is 1. The second-order valence-electron chi connectivity index (χ2n) is 8.09. The van der Waals surface area contributed by atoms with Crippen LogP contribution in [0.1, 0.15) is 47.8 Å². The number of carbonyl (C=O) groups is 1. The second kappa shape index (κ2) is 7.98. The van der Waals surface area contributed by atoms with Crippen molar-refractivity contribution in [2.45, 2.75) is 45.2 Å². The Balaban J connectivity index is 1.30. The molecule has 3 heterocycles. The van der Waals surface area contributed by atoms with Crippen molar-refractivity contribution in [2.24, 2.45) is 5.92 Å². The minimum Gasteiger partial charge on any atom is -0.381 e. The van der Waals surface area contributed by atoms with Crippen LogP contribution in [-0.2, 0) is 11.3 Å². The fraction of sp³-hybridized carbons (Fsp3) is 0.476. The van der Waals surface area contributed by atoms with E-state index in [2.05, 4.69) is 25.9 Å². The van der Waals surface area contributed by atoms with Crippen LogP contribution >= 0.6 is 0 Å². The predicted molar refractivity (Wildman–Crippen MR) is 110 cm³/mol. The van der Waals surface area contributed by atoms with E-state index < -0.39 is 0 Å². The molecule has 2 aliphatic rings. The Hall–Kier alpha value is -3.07. The molecule has 9 nitrogen and oxygen atoms in total. The molecule has 1 saturated carbocycles. The second-order valence-corrected chi connectivity index (χ2v) is 8.09. The summed E-state index contributed by atoms with van der Waals surface area (Å²) >= 11 is 0. The van der Waals surface area contributed by atoms with Crippen LogP contribution in [0.2, 0.25) is 0 Å². The zero-order chi connectivity index (χ0) is 20.5. The summed E-state index contributed by atoms with van der Waals surface area (Å²) in [5, 5.41) is 19.5. The first-order chi connectivity index (χ1) is 14.7. The van der Waals surface area contributed by atoms with Gasteiger partial charge in [-0.2, -0.15) is 5.10 Å². The highest BCUT2D eigenvalue weighted by Gasteiger charge is 2.28. The van der Waals surface area contributed by atoms with Gasteiger partial charge in [-0.15, -0.1) is 5.10 Å². The van der Waals surface area contributed by atoms with E-state index in [-0.39, 0.29) is 5.91 Å². The number of amides is 1. The zero-order valence-electron chi connectivity index (χ0n) is 17.0. The molecule has 0 unspecified atom stereocenters. The van der Waals surface area contributed by atoms with Crippen molar-refractivity contribution in [2.75, 3.05) is 18.5 Å². The molecule has 1 aliphatic carbocycles. The third-order valence-electron chi connectivity index (χ3n) is 5.88. The Labute approximate surface area is 174 Å². The number of ether oxygens (including phenoxy) is 1. The standard InChI is InChI=1S/C21H25N7O2/c1-14-19(12-22-27(14)13-15-7-9-30-10-8-15)21(29)23-17-4-2-3-16(11-17)20-24-25-26-28(20)18-5-6-18/h2-4,11-12,15,18H,5-10,13H2,1H3,(H,23,29). The van der Waals surface area contributed by atoms with Gasteiger partial charge in [0, 0.05) is 36.7 Å². The van der Waals surface area contributed by atoms with Gasteiger partial charge in [-0.1, -0.05) is 12.1 Å². The lowest BCUT2D eigenvalue weighted by Gasteiger charge is -2.22. The van der Waals surface area contributed by atoms with Crippen molar-refractivity contribution in [3.63, 3.8) is 0 Å². The molecular formula is C21H25N7O2. The smallest absolute Gasteiger partial charge is 0.259 e. The first kappa shape index (κ1) is 18.9. The maximum Gasteiger partial charge on any atom is 0.259 e. The summed E-state index contributed by atoms with van der Waals surface area (Å²) in [5.41, 5.74) is 3.07. The normalized spacial score (nSPS) is 17.2. The molecule has 1 N–H and O–H groups in total. The summed E-state index contributed by atoms with van der Waals surface area (Å²) in [5.74, 6) is 1.11. The molecule has 0 bridgehead atoms. The minimum absolute atomic E-state index is 0.162.